The van der Waals surface area contributed by atoms with Gasteiger partial charge in [0.15, 0.2) is 0 Å². The Bertz CT molecular complexity index is 249. The van der Waals surface area contributed by atoms with Gasteiger partial charge in [-0.05, 0) is 64.8 Å². The molecule has 4 heteroatoms. The molecule has 0 aromatic carbocycles. The standard InChI is InChI=1S/C15H30N2O2/c1-12(2)19-10-4-3-9-17-15(18)14-7-5-13(11-16)6-8-14/h12-14H,3-11,16H2,1-2H3,(H,17,18). The van der Waals surface area contributed by atoms with Crippen LogP contribution in [0.25, 0.3) is 0 Å². The number of rotatable bonds is 8. The highest BCUT2D eigenvalue weighted by Crippen LogP contribution is 2.28. The van der Waals surface area contributed by atoms with Crippen LogP contribution in [0.4, 0.5) is 0 Å². The van der Waals surface area contributed by atoms with Crippen molar-refractivity contribution in [1.29, 1.82) is 0 Å². The quantitative estimate of drug-likeness (QED) is 0.664. The maximum Gasteiger partial charge on any atom is 0.223 e. The minimum absolute atomic E-state index is 0.217. The molecule has 0 unspecified atom stereocenters. The zero-order valence-corrected chi connectivity index (χ0v) is 12.5. The number of carbonyl (C=O) groups is 1. The fraction of sp³-hybridized carbons (Fsp3) is 0.933. The van der Waals surface area contributed by atoms with E-state index in [4.69, 9.17) is 10.5 Å². The van der Waals surface area contributed by atoms with Gasteiger partial charge in [-0.25, -0.2) is 0 Å². The van der Waals surface area contributed by atoms with Crippen molar-refractivity contribution in [1.82, 2.24) is 5.32 Å². The Morgan fingerprint density at radius 3 is 2.53 bits per heavy atom. The van der Waals surface area contributed by atoms with Crippen LogP contribution in [0.1, 0.15) is 52.4 Å². The normalized spacial score (nSPS) is 23.6. The average molecular weight is 270 g/mol. The topological polar surface area (TPSA) is 64.3 Å². The van der Waals surface area contributed by atoms with Crippen molar-refractivity contribution >= 4 is 5.91 Å². The molecule has 1 aliphatic rings. The van der Waals surface area contributed by atoms with Gasteiger partial charge >= 0.3 is 0 Å². The first-order chi connectivity index (χ1) is 9.13. The van der Waals surface area contributed by atoms with E-state index in [0.717, 1.165) is 58.2 Å². The van der Waals surface area contributed by atoms with Crippen molar-refractivity contribution in [3.8, 4) is 0 Å². The lowest BCUT2D eigenvalue weighted by Crippen LogP contribution is -2.34. The van der Waals surface area contributed by atoms with Gasteiger partial charge < -0.3 is 15.8 Å². The molecule has 1 saturated carbocycles. The first kappa shape index (κ1) is 16.4. The average Bonchev–Trinajstić information content (AvgIpc) is 2.42. The molecule has 0 saturated heterocycles. The predicted molar refractivity (Wildman–Crippen MR) is 77.8 cm³/mol. The van der Waals surface area contributed by atoms with E-state index in [0.29, 0.717) is 12.0 Å². The molecule has 1 fully saturated rings. The summed E-state index contributed by atoms with van der Waals surface area (Å²) in [5.74, 6) is 1.09. The lowest BCUT2D eigenvalue weighted by Gasteiger charge is -2.26. The summed E-state index contributed by atoms with van der Waals surface area (Å²) >= 11 is 0. The predicted octanol–water partition coefficient (Wildman–Crippen LogP) is 2.07. The fourth-order valence-corrected chi connectivity index (χ4v) is 2.56. The molecule has 19 heavy (non-hydrogen) atoms. The largest absolute Gasteiger partial charge is 0.379 e. The third kappa shape index (κ3) is 6.92. The van der Waals surface area contributed by atoms with Gasteiger partial charge in [0, 0.05) is 19.1 Å². The number of amides is 1. The third-order valence-electron chi connectivity index (χ3n) is 3.87. The zero-order valence-electron chi connectivity index (χ0n) is 12.5. The van der Waals surface area contributed by atoms with Crippen LogP contribution < -0.4 is 11.1 Å². The van der Waals surface area contributed by atoms with E-state index in [1.54, 1.807) is 0 Å². The van der Waals surface area contributed by atoms with E-state index in [9.17, 15) is 4.79 Å². The van der Waals surface area contributed by atoms with Crippen LogP contribution in [0.5, 0.6) is 0 Å². The highest BCUT2D eigenvalue weighted by Gasteiger charge is 2.25. The lowest BCUT2D eigenvalue weighted by atomic mass is 9.81. The van der Waals surface area contributed by atoms with E-state index in [1.807, 2.05) is 13.8 Å². The summed E-state index contributed by atoms with van der Waals surface area (Å²) in [6.07, 6.45) is 6.53. The molecule has 0 atom stereocenters. The summed E-state index contributed by atoms with van der Waals surface area (Å²) in [5.41, 5.74) is 5.66. The molecule has 0 radical (unpaired) electrons. The zero-order chi connectivity index (χ0) is 14.1. The van der Waals surface area contributed by atoms with E-state index in [-0.39, 0.29) is 11.8 Å². The molecule has 0 heterocycles. The molecule has 0 aromatic rings. The minimum Gasteiger partial charge on any atom is -0.379 e. The molecule has 112 valence electrons. The van der Waals surface area contributed by atoms with Gasteiger partial charge in [-0.1, -0.05) is 0 Å². The number of ether oxygens (including phenoxy) is 1. The van der Waals surface area contributed by atoms with Gasteiger partial charge in [0.2, 0.25) is 5.91 Å². The number of nitrogens with two attached hydrogens (primary N) is 1. The number of hydrogen-bond donors (Lipinski definition) is 2. The van der Waals surface area contributed by atoms with E-state index >= 15 is 0 Å². The number of carbonyl (C=O) groups excluding carboxylic acids is 1. The second-order valence-electron chi connectivity index (χ2n) is 5.87. The third-order valence-corrected chi connectivity index (χ3v) is 3.87. The molecule has 1 rings (SSSR count). The molecule has 1 aliphatic carbocycles. The fourth-order valence-electron chi connectivity index (χ4n) is 2.56. The highest BCUT2D eigenvalue weighted by molar-refractivity contribution is 5.78. The van der Waals surface area contributed by atoms with Gasteiger partial charge in [0.25, 0.3) is 0 Å². The summed E-state index contributed by atoms with van der Waals surface area (Å²) in [6, 6.07) is 0. The second-order valence-corrected chi connectivity index (χ2v) is 5.87. The van der Waals surface area contributed by atoms with Crippen LogP contribution in [0.3, 0.4) is 0 Å². The molecule has 0 aliphatic heterocycles. The minimum atomic E-state index is 0.217. The Kier molecular flexibility index (Phi) is 8.07. The molecular formula is C15H30N2O2. The SMILES string of the molecule is CC(C)OCCCCNC(=O)C1CCC(CN)CC1. The van der Waals surface area contributed by atoms with Crippen molar-refractivity contribution in [2.45, 2.75) is 58.5 Å². The lowest BCUT2D eigenvalue weighted by molar-refractivity contribution is -0.126. The number of unbranched alkanes of at least 4 members (excludes halogenated alkanes) is 1. The van der Waals surface area contributed by atoms with Crippen LogP contribution >= 0.6 is 0 Å². The van der Waals surface area contributed by atoms with Crippen LogP contribution in [0.2, 0.25) is 0 Å². The van der Waals surface area contributed by atoms with Gasteiger partial charge in [-0.3, -0.25) is 4.79 Å². The van der Waals surface area contributed by atoms with Crippen molar-refractivity contribution in [2.75, 3.05) is 19.7 Å². The molecule has 0 bridgehead atoms. The number of hydrogen-bond acceptors (Lipinski definition) is 3. The summed E-state index contributed by atoms with van der Waals surface area (Å²) < 4.78 is 5.46. The van der Waals surface area contributed by atoms with Crippen LogP contribution in [0.15, 0.2) is 0 Å². The van der Waals surface area contributed by atoms with Crippen molar-refractivity contribution < 1.29 is 9.53 Å². The van der Waals surface area contributed by atoms with Crippen LogP contribution in [-0.2, 0) is 9.53 Å². The van der Waals surface area contributed by atoms with Gasteiger partial charge in [-0.15, -0.1) is 0 Å². The van der Waals surface area contributed by atoms with Gasteiger partial charge in [-0.2, -0.15) is 0 Å². The van der Waals surface area contributed by atoms with Crippen molar-refractivity contribution in [3.05, 3.63) is 0 Å². The van der Waals surface area contributed by atoms with E-state index in [1.165, 1.54) is 0 Å². The molecule has 1 amide bonds. The van der Waals surface area contributed by atoms with Crippen molar-refractivity contribution in [2.24, 2.45) is 17.6 Å². The van der Waals surface area contributed by atoms with E-state index < -0.39 is 0 Å². The smallest absolute Gasteiger partial charge is 0.223 e. The maximum atomic E-state index is 12.0. The summed E-state index contributed by atoms with van der Waals surface area (Å²) in [5, 5.41) is 3.05. The molecule has 0 spiro atoms. The first-order valence-corrected chi connectivity index (χ1v) is 7.72. The van der Waals surface area contributed by atoms with Crippen LogP contribution in [-0.4, -0.2) is 31.7 Å². The Hall–Kier alpha value is -0.610. The van der Waals surface area contributed by atoms with Crippen LogP contribution in [0, 0.1) is 11.8 Å². The molecular weight excluding hydrogens is 240 g/mol. The van der Waals surface area contributed by atoms with Gasteiger partial charge in [0.05, 0.1) is 6.10 Å². The Morgan fingerprint density at radius 1 is 1.26 bits per heavy atom. The Labute approximate surface area is 117 Å². The summed E-state index contributed by atoms with van der Waals surface area (Å²) in [6.45, 7) is 6.41. The maximum absolute atomic E-state index is 12.0. The Balaban J connectivity index is 2.02. The van der Waals surface area contributed by atoms with Crippen molar-refractivity contribution in [3.63, 3.8) is 0 Å². The Morgan fingerprint density at radius 2 is 1.95 bits per heavy atom. The molecule has 4 nitrogen and oxygen atoms in total. The second kappa shape index (κ2) is 9.32. The monoisotopic (exact) mass is 270 g/mol. The summed E-state index contributed by atoms with van der Waals surface area (Å²) in [7, 11) is 0. The van der Waals surface area contributed by atoms with E-state index in [2.05, 4.69) is 5.32 Å². The highest BCUT2D eigenvalue weighted by atomic mass is 16.5. The molecule has 3 N–H and O–H groups in total. The number of nitrogens with one attached hydrogen (secondary N) is 1. The van der Waals surface area contributed by atoms with Gasteiger partial charge in [0.1, 0.15) is 0 Å². The first-order valence-electron chi connectivity index (χ1n) is 7.72. The summed E-state index contributed by atoms with van der Waals surface area (Å²) in [4.78, 5) is 12.0. The molecule has 0 aromatic heterocycles.